The van der Waals surface area contributed by atoms with Gasteiger partial charge in [-0.05, 0) is 33.4 Å². The predicted octanol–water partition coefficient (Wildman–Crippen LogP) is 6.03. The summed E-state index contributed by atoms with van der Waals surface area (Å²) in [6.07, 6.45) is 16.7. The first kappa shape index (κ1) is 19.0. The van der Waals surface area contributed by atoms with Crippen molar-refractivity contribution in [3.8, 4) is 0 Å². The minimum atomic E-state index is 0.486. The Balaban J connectivity index is 4.48. The normalized spacial score (nSPS) is 12.3. The van der Waals surface area contributed by atoms with E-state index >= 15 is 0 Å². The first-order valence-corrected chi connectivity index (χ1v) is 8.80. The molecule has 0 spiro atoms. The number of rotatable bonds is 13. The molecule has 1 nitrogen and oxygen atoms in total. The van der Waals surface area contributed by atoms with Crippen molar-refractivity contribution in [1.29, 1.82) is 0 Å². The van der Waals surface area contributed by atoms with Crippen LogP contribution in [0.2, 0.25) is 0 Å². The summed E-state index contributed by atoms with van der Waals surface area (Å²) >= 11 is 0. The quantitative estimate of drug-likeness (QED) is 0.369. The van der Waals surface area contributed by atoms with Crippen molar-refractivity contribution in [1.82, 2.24) is 4.90 Å². The Morgan fingerprint density at radius 2 is 0.895 bits per heavy atom. The molecule has 0 aliphatic rings. The van der Waals surface area contributed by atoms with Crippen LogP contribution in [-0.4, -0.2) is 24.5 Å². The van der Waals surface area contributed by atoms with Gasteiger partial charge in [0.2, 0.25) is 0 Å². The van der Waals surface area contributed by atoms with Crippen LogP contribution in [0.1, 0.15) is 97.8 Å². The molecule has 0 aromatic rings. The summed E-state index contributed by atoms with van der Waals surface area (Å²) < 4.78 is 0. The molecule has 0 unspecified atom stereocenters. The van der Waals surface area contributed by atoms with E-state index < -0.39 is 0 Å². The summed E-state index contributed by atoms with van der Waals surface area (Å²) in [5, 5.41) is 0. The number of unbranched alkanes of at least 4 members (excludes halogenated alkanes) is 6. The summed E-state index contributed by atoms with van der Waals surface area (Å²) in [6, 6.07) is 0. The van der Waals surface area contributed by atoms with E-state index in [9.17, 15) is 0 Å². The van der Waals surface area contributed by atoms with Gasteiger partial charge < -0.3 is 4.90 Å². The lowest BCUT2D eigenvalue weighted by Gasteiger charge is -2.41. The summed E-state index contributed by atoms with van der Waals surface area (Å²) in [6.45, 7) is 6.93. The number of hydrogen-bond acceptors (Lipinski definition) is 1. The third kappa shape index (κ3) is 7.97. The van der Waals surface area contributed by atoms with Gasteiger partial charge in [0, 0.05) is 5.54 Å². The lowest BCUT2D eigenvalue weighted by molar-refractivity contribution is 0.105. The van der Waals surface area contributed by atoms with Gasteiger partial charge >= 0.3 is 0 Å². The Kier molecular flexibility index (Phi) is 11.7. The molecule has 19 heavy (non-hydrogen) atoms. The van der Waals surface area contributed by atoms with E-state index in [0.717, 1.165) is 0 Å². The molecule has 0 heterocycles. The van der Waals surface area contributed by atoms with E-state index in [-0.39, 0.29) is 0 Å². The second kappa shape index (κ2) is 11.8. The average molecular weight is 270 g/mol. The minimum Gasteiger partial charge on any atom is -0.304 e. The Hall–Kier alpha value is -0.0400. The minimum absolute atomic E-state index is 0.486. The first-order chi connectivity index (χ1) is 9.13. The lowest BCUT2D eigenvalue weighted by atomic mass is 9.81. The topological polar surface area (TPSA) is 3.24 Å². The summed E-state index contributed by atoms with van der Waals surface area (Å²) in [7, 11) is 4.62. The molecule has 0 bridgehead atoms. The fourth-order valence-corrected chi connectivity index (χ4v) is 3.16. The second-order valence-electron chi connectivity index (χ2n) is 6.49. The van der Waals surface area contributed by atoms with Crippen LogP contribution in [0.5, 0.6) is 0 Å². The summed E-state index contributed by atoms with van der Waals surface area (Å²) in [5.41, 5.74) is 0.486. The Bertz CT molecular complexity index is 160. The summed E-state index contributed by atoms with van der Waals surface area (Å²) in [5.74, 6) is 0. The van der Waals surface area contributed by atoms with Crippen molar-refractivity contribution in [2.24, 2.45) is 0 Å². The van der Waals surface area contributed by atoms with Crippen LogP contribution in [-0.2, 0) is 0 Å². The van der Waals surface area contributed by atoms with Crippen molar-refractivity contribution in [2.45, 2.75) is 103 Å². The van der Waals surface area contributed by atoms with Crippen LogP contribution in [0.4, 0.5) is 0 Å². The Morgan fingerprint density at radius 1 is 0.579 bits per heavy atom. The number of nitrogens with zero attached hydrogens (tertiary/aromatic N) is 1. The van der Waals surface area contributed by atoms with Gasteiger partial charge in [0.15, 0.2) is 0 Å². The molecular weight excluding hydrogens is 230 g/mol. The van der Waals surface area contributed by atoms with Crippen LogP contribution in [0.25, 0.3) is 0 Å². The maximum absolute atomic E-state index is 2.55. The van der Waals surface area contributed by atoms with Crippen LogP contribution in [0.15, 0.2) is 0 Å². The van der Waals surface area contributed by atoms with Gasteiger partial charge in [0.1, 0.15) is 0 Å². The van der Waals surface area contributed by atoms with E-state index in [1.165, 1.54) is 77.0 Å². The van der Waals surface area contributed by atoms with E-state index in [1.807, 2.05) is 0 Å². The molecule has 0 saturated carbocycles. The fraction of sp³-hybridized carbons (Fsp3) is 1.00. The van der Waals surface area contributed by atoms with E-state index in [0.29, 0.717) is 5.54 Å². The lowest BCUT2D eigenvalue weighted by Crippen LogP contribution is -2.44. The first-order valence-electron chi connectivity index (χ1n) is 8.80. The molecule has 0 atom stereocenters. The average Bonchev–Trinajstić information content (AvgIpc) is 2.38. The molecule has 0 N–H and O–H groups in total. The third-order valence-electron chi connectivity index (χ3n) is 4.69. The highest BCUT2D eigenvalue weighted by Gasteiger charge is 2.30. The third-order valence-corrected chi connectivity index (χ3v) is 4.69. The van der Waals surface area contributed by atoms with Gasteiger partial charge in [-0.25, -0.2) is 0 Å². The fourth-order valence-electron chi connectivity index (χ4n) is 3.16. The molecule has 0 radical (unpaired) electrons. The highest BCUT2D eigenvalue weighted by atomic mass is 15.1. The molecule has 1 heteroatoms. The monoisotopic (exact) mass is 269 g/mol. The molecule has 0 aromatic heterocycles. The van der Waals surface area contributed by atoms with Crippen molar-refractivity contribution in [3.05, 3.63) is 0 Å². The van der Waals surface area contributed by atoms with E-state index in [2.05, 4.69) is 39.8 Å². The van der Waals surface area contributed by atoms with Crippen LogP contribution >= 0.6 is 0 Å². The molecular formula is C18H39N. The maximum atomic E-state index is 2.55. The Morgan fingerprint density at radius 3 is 1.11 bits per heavy atom. The zero-order valence-corrected chi connectivity index (χ0v) is 14.4. The van der Waals surface area contributed by atoms with Crippen LogP contribution in [0.3, 0.4) is 0 Å². The van der Waals surface area contributed by atoms with Crippen LogP contribution in [0, 0.1) is 0 Å². The number of hydrogen-bond donors (Lipinski definition) is 0. The van der Waals surface area contributed by atoms with Crippen LogP contribution < -0.4 is 0 Å². The zero-order chi connectivity index (χ0) is 14.6. The molecule has 0 aromatic carbocycles. The molecule has 0 aliphatic heterocycles. The smallest absolute Gasteiger partial charge is 0.0203 e. The molecule has 0 amide bonds. The zero-order valence-electron chi connectivity index (χ0n) is 14.4. The van der Waals surface area contributed by atoms with Crippen molar-refractivity contribution < 1.29 is 0 Å². The van der Waals surface area contributed by atoms with E-state index in [4.69, 9.17) is 0 Å². The van der Waals surface area contributed by atoms with Gasteiger partial charge in [0.05, 0.1) is 0 Å². The molecule has 0 aliphatic carbocycles. The standard InChI is InChI=1S/C18H39N/c1-6-9-12-15-18(19(4)5,16-13-10-7-2)17-14-11-8-3/h6-17H2,1-5H3. The molecule has 116 valence electrons. The predicted molar refractivity (Wildman–Crippen MR) is 88.8 cm³/mol. The van der Waals surface area contributed by atoms with Gasteiger partial charge in [-0.15, -0.1) is 0 Å². The van der Waals surface area contributed by atoms with Gasteiger partial charge in [-0.1, -0.05) is 78.6 Å². The molecule has 0 fully saturated rings. The highest BCUT2D eigenvalue weighted by Crippen LogP contribution is 2.32. The molecule has 0 rings (SSSR count). The van der Waals surface area contributed by atoms with Crippen molar-refractivity contribution >= 4 is 0 Å². The second-order valence-corrected chi connectivity index (χ2v) is 6.49. The van der Waals surface area contributed by atoms with Crippen molar-refractivity contribution in [2.75, 3.05) is 14.1 Å². The largest absolute Gasteiger partial charge is 0.304 e. The van der Waals surface area contributed by atoms with Gasteiger partial charge in [-0.3, -0.25) is 0 Å². The maximum Gasteiger partial charge on any atom is 0.0203 e. The highest BCUT2D eigenvalue weighted by molar-refractivity contribution is 4.87. The molecule has 0 saturated heterocycles. The Labute approximate surface area is 123 Å². The SMILES string of the molecule is CCCCCC(CCCCC)(CCCCC)N(C)C. The van der Waals surface area contributed by atoms with Gasteiger partial charge in [0.25, 0.3) is 0 Å². The summed E-state index contributed by atoms with van der Waals surface area (Å²) in [4.78, 5) is 2.55. The van der Waals surface area contributed by atoms with Crippen molar-refractivity contribution in [3.63, 3.8) is 0 Å². The van der Waals surface area contributed by atoms with E-state index in [1.54, 1.807) is 0 Å². The van der Waals surface area contributed by atoms with Gasteiger partial charge in [-0.2, -0.15) is 0 Å².